The van der Waals surface area contributed by atoms with Crippen LogP contribution in [0, 0.1) is 0 Å². The lowest BCUT2D eigenvalue weighted by Gasteiger charge is -2.24. The second-order valence-corrected chi connectivity index (χ2v) is 11.4. The van der Waals surface area contributed by atoms with Gasteiger partial charge in [0.1, 0.15) is 11.5 Å². The first-order valence-corrected chi connectivity index (χ1v) is 14.7. The summed E-state index contributed by atoms with van der Waals surface area (Å²) in [6.45, 7) is 1.23. The Balaban J connectivity index is 1.57. The van der Waals surface area contributed by atoms with Crippen molar-refractivity contribution < 1.29 is 22.7 Å². The van der Waals surface area contributed by atoms with Crippen LogP contribution < -0.4 is 9.46 Å². The van der Waals surface area contributed by atoms with Gasteiger partial charge in [-0.25, -0.2) is 8.42 Å². The molecular formula is C30H28Cl2N2O5S. The zero-order chi connectivity index (χ0) is 28.5. The van der Waals surface area contributed by atoms with Gasteiger partial charge >= 0.3 is 0 Å². The van der Waals surface area contributed by atoms with Crippen LogP contribution in [-0.2, 0) is 21.3 Å². The minimum absolute atomic E-state index is 0.00593. The molecule has 0 bridgehead atoms. The number of amides is 1. The second kappa shape index (κ2) is 13.7. The van der Waals surface area contributed by atoms with E-state index in [0.717, 1.165) is 5.56 Å². The van der Waals surface area contributed by atoms with Gasteiger partial charge in [0, 0.05) is 31.8 Å². The Hall–Kier alpha value is -3.56. The number of nitrogens with one attached hydrogen (secondary N) is 1. The normalized spacial score (nSPS) is 11.2. The Morgan fingerprint density at radius 2 is 1.60 bits per heavy atom. The number of para-hydroxylation sites is 1. The van der Waals surface area contributed by atoms with E-state index in [9.17, 15) is 13.2 Å². The van der Waals surface area contributed by atoms with Crippen molar-refractivity contribution in [2.24, 2.45) is 0 Å². The Kier molecular flexibility index (Phi) is 10.1. The maximum atomic E-state index is 13.7. The van der Waals surface area contributed by atoms with Crippen molar-refractivity contribution in [1.29, 1.82) is 0 Å². The number of carbonyl (C=O) groups is 1. The molecule has 0 saturated carbocycles. The topological polar surface area (TPSA) is 84.9 Å². The van der Waals surface area contributed by atoms with Crippen LogP contribution in [-0.4, -0.2) is 39.5 Å². The molecule has 0 saturated heterocycles. The fourth-order valence-corrected chi connectivity index (χ4v) is 5.38. The van der Waals surface area contributed by atoms with Gasteiger partial charge in [-0.15, -0.1) is 0 Å². The van der Waals surface area contributed by atoms with E-state index in [1.165, 1.54) is 42.5 Å². The molecule has 4 aromatic rings. The quantitative estimate of drug-likeness (QED) is 0.173. The van der Waals surface area contributed by atoms with Gasteiger partial charge in [0.05, 0.1) is 21.2 Å². The number of hydrogen-bond donors (Lipinski definition) is 1. The predicted molar refractivity (Wildman–Crippen MR) is 158 cm³/mol. The summed E-state index contributed by atoms with van der Waals surface area (Å²) in [7, 11) is -2.45. The van der Waals surface area contributed by atoms with Crippen LogP contribution in [0.5, 0.6) is 11.5 Å². The van der Waals surface area contributed by atoms with E-state index < -0.39 is 10.0 Å². The molecule has 0 unspecified atom stereocenters. The van der Waals surface area contributed by atoms with E-state index in [2.05, 4.69) is 4.72 Å². The Morgan fingerprint density at radius 1 is 0.900 bits per heavy atom. The molecule has 7 nitrogen and oxygen atoms in total. The highest BCUT2D eigenvalue weighted by molar-refractivity contribution is 7.92. The SMILES string of the molecule is COCCCN(Cc1ccccc1)C(=O)c1cc(Cl)ccc1NS(=O)(=O)c1ccc(Oc2ccccc2Cl)cc1. The lowest BCUT2D eigenvalue weighted by molar-refractivity contribution is 0.0724. The number of ether oxygens (including phenoxy) is 2. The average molecular weight is 600 g/mol. The third-order valence-corrected chi connectivity index (χ3v) is 7.86. The number of anilines is 1. The van der Waals surface area contributed by atoms with Crippen LogP contribution in [0.3, 0.4) is 0 Å². The highest BCUT2D eigenvalue weighted by Gasteiger charge is 2.23. The van der Waals surface area contributed by atoms with Gasteiger partial charge in [-0.2, -0.15) is 0 Å². The fraction of sp³-hybridized carbons (Fsp3) is 0.167. The molecule has 0 heterocycles. The molecule has 4 aromatic carbocycles. The van der Waals surface area contributed by atoms with Crippen molar-refractivity contribution >= 4 is 44.8 Å². The maximum absolute atomic E-state index is 13.7. The van der Waals surface area contributed by atoms with Crippen LogP contribution in [0.4, 0.5) is 5.69 Å². The summed E-state index contributed by atoms with van der Waals surface area (Å²) in [6, 6.07) is 26.9. The molecule has 208 valence electrons. The van der Waals surface area contributed by atoms with Crippen molar-refractivity contribution in [3.8, 4) is 11.5 Å². The van der Waals surface area contributed by atoms with Gasteiger partial charge in [0.2, 0.25) is 0 Å². The number of nitrogens with zero attached hydrogens (tertiary/aromatic N) is 1. The van der Waals surface area contributed by atoms with Crippen LogP contribution in [0.25, 0.3) is 0 Å². The molecule has 0 radical (unpaired) electrons. The van der Waals surface area contributed by atoms with Gasteiger partial charge in [-0.1, -0.05) is 65.7 Å². The van der Waals surface area contributed by atoms with E-state index in [0.29, 0.717) is 47.7 Å². The molecule has 0 aliphatic heterocycles. The molecular weight excluding hydrogens is 571 g/mol. The molecule has 40 heavy (non-hydrogen) atoms. The predicted octanol–water partition coefficient (Wildman–Crippen LogP) is 7.27. The van der Waals surface area contributed by atoms with E-state index in [4.69, 9.17) is 32.7 Å². The number of hydrogen-bond acceptors (Lipinski definition) is 5. The molecule has 0 atom stereocenters. The standard InChI is InChI=1S/C30H28Cl2N2O5S/c1-38-19-7-18-34(21-22-8-3-2-4-9-22)30(35)26-20-23(31)12-17-28(26)33-40(36,37)25-15-13-24(14-16-25)39-29-11-6-5-10-27(29)32/h2-6,8-17,20,33H,7,18-19,21H2,1H3. The lowest BCUT2D eigenvalue weighted by Crippen LogP contribution is -2.33. The van der Waals surface area contributed by atoms with Gasteiger partial charge < -0.3 is 14.4 Å². The summed E-state index contributed by atoms with van der Waals surface area (Å²) in [5.74, 6) is 0.512. The van der Waals surface area contributed by atoms with Crippen molar-refractivity contribution in [2.45, 2.75) is 17.9 Å². The van der Waals surface area contributed by atoms with Crippen LogP contribution in [0.15, 0.2) is 102 Å². The van der Waals surface area contributed by atoms with Crippen molar-refractivity contribution in [2.75, 3.05) is 25.0 Å². The number of carbonyl (C=O) groups excluding carboxylic acids is 1. The minimum atomic E-state index is -4.05. The largest absolute Gasteiger partial charge is 0.456 e. The second-order valence-electron chi connectivity index (χ2n) is 8.86. The van der Waals surface area contributed by atoms with Gasteiger partial charge in [-0.05, 0) is 66.6 Å². The molecule has 0 aliphatic carbocycles. The third-order valence-electron chi connectivity index (χ3n) is 5.93. The van der Waals surface area contributed by atoms with Crippen molar-refractivity contribution in [3.05, 3.63) is 118 Å². The number of halogens is 2. The molecule has 1 amide bonds. The smallest absolute Gasteiger partial charge is 0.261 e. The summed E-state index contributed by atoms with van der Waals surface area (Å²) < 4.78 is 40.1. The van der Waals surface area contributed by atoms with Gasteiger partial charge in [0.15, 0.2) is 0 Å². The highest BCUT2D eigenvalue weighted by Crippen LogP contribution is 2.30. The average Bonchev–Trinajstić information content (AvgIpc) is 2.95. The first-order chi connectivity index (χ1) is 19.3. The van der Waals surface area contributed by atoms with Crippen LogP contribution >= 0.6 is 23.2 Å². The number of rotatable bonds is 12. The Bertz CT molecular complexity index is 1550. The van der Waals surface area contributed by atoms with E-state index in [-0.39, 0.29) is 22.1 Å². The third kappa shape index (κ3) is 7.76. The van der Waals surface area contributed by atoms with Gasteiger partial charge in [-0.3, -0.25) is 9.52 Å². The Labute approximate surface area is 244 Å². The molecule has 0 spiro atoms. The van der Waals surface area contributed by atoms with Crippen LogP contribution in [0.1, 0.15) is 22.3 Å². The molecule has 10 heteroatoms. The monoisotopic (exact) mass is 598 g/mol. The number of benzene rings is 4. The first kappa shape index (κ1) is 29.4. The van der Waals surface area contributed by atoms with Crippen molar-refractivity contribution in [1.82, 2.24) is 4.90 Å². The maximum Gasteiger partial charge on any atom is 0.261 e. The summed E-state index contributed by atoms with van der Waals surface area (Å²) in [4.78, 5) is 15.4. The minimum Gasteiger partial charge on any atom is -0.456 e. The number of sulfonamides is 1. The van der Waals surface area contributed by atoms with E-state index in [1.807, 2.05) is 30.3 Å². The van der Waals surface area contributed by atoms with Crippen molar-refractivity contribution in [3.63, 3.8) is 0 Å². The van der Waals surface area contributed by atoms with E-state index in [1.54, 1.807) is 36.3 Å². The summed E-state index contributed by atoms with van der Waals surface area (Å²) >= 11 is 12.4. The van der Waals surface area contributed by atoms with E-state index >= 15 is 0 Å². The first-order valence-electron chi connectivity index (χ1n) is 12.4. The molecule has 1 N–H and O–H groups in total. The van der Waals surface area contributed by atoms with Gasteiger partial charge in [0.25, 0.3) is 15.9 Å². The summed E-state index contributed by atoms with van der Waals surface area (Å²) in [5, 5.41) is 0.744. The lowest BCUT2D eigenvalue weighted by atomic mass is 10.1. The number of methoxy groups -OCH3 is 1. The summed E-state index contributed by atoms with van der Waals surface area (Å²) in [6.07, 6.45) is 0.610. The molecule has 0 aromatic heterocycles. The molecule has 0 aliphatic rings. The zero-order valence-corrected chi connectivity index (χ0v) is 24.0. The molecule has 4 rings (SSSR count). The Morgan fingerprint density at radius 3 is 2.30 bits per heavy atom. The summed E-state index contributed by atoms with van der Waals surface area (Å²) in [5.41, 5.74) is 1.20. The zero-order valence-electron chi connectivity index (χ0n) is 21.7. The van der Waals surface area contributed by atoms with Crippen LogP contribution in [0.2, 0.25) is 10.0 Å². The highest BCUT2D eigenvalue weighted by atomic mass is 35.5. The fourth-order valence-electron chi connectivity index (χ4n) is 3.95. The molecule has 0 fully saturated rings.